The standard InChI is InChI=1S/C13H18O4/c1-3-16-12(9-13(15)17-4-2)10-5-7-11(14)8-6-10/h5-8,12,14H,3-4,9H2,1-2H3/t12-/m0/s1. The summed E-state index contributed by atoms with van der Waals surface area (Å²) in [5.41, 5.74) is 0.859. The fraction of sp³-hybridized carbons (Fsp3) is 0.462. The first-order chi connectivity index (χ1) is 8.17. The van der Waals surface area contributed by atoms with Crippen LogP contribution >= 0.6 is 0 Å². The Hall–Kier alpha value is -1.55. The van der Waals surface area contributed by atoms with Crippen LogP contribution in [0.1, 0.15) is 31.9 Å². The highest BCUT2D eigenvalue weighted by molar-refractivity contribution is 5.70. The Bertz CT molecular complexity index is 345. The van der Waals surface area contributed by atoms with Crippen molar-refractivity contribution in [1.82, 2.24) is 0 Å². The average Bonchev–Trinajstić information content (AvgIpc) is 2.30. The molecule has 0 spiro atoms. The summed E-state index contributed by atoms with van der Waals surface area (Å²) in [4.78, 5) is 11.4. The van der Waals surface area contributed by atoms with Crippen LogP contribution in [0.4, 0.5) is 0 Å². The van der Waals surface area contributed by atoms with Crippen LogP contribution in [-0.4, -0.2) is 24.3 Å². The van der Waals surface area contributed by atoms with Crippen LogP contribution in [-0.2, 0) is 14.3 Å². The Kier molecular flexibility index (Phi) is 5.49. The molecule has 0 heterocycles. The molecule has 0 aromatic heterocycles. The molecule has 0 saturated heterocycles. The van der Waals surface area contributed by atoms with Gasteiger partial charge in [-0.25, -0.2) is 0 Å². The molecular weight excluding hydrogens is 220 g/mol. The number of esters is 1. The lowest BCUT2D eigenvalue weighted by atomic mass is 10.1. The van der Waals surface area contributed by atoms with Gasteiger partial charge in [0.25, 0.3) is 0 Å². The average molecular weight is 238 g/mol. The van der Waals surface area contributed by atoms with E-state index in [4.69, 9.17) is 9.47 Å². The van der Waals surface area contributed by atoms with Crippen LogP contribution in [0.25, 0.3) is 0 Å². The topological polar surface area (TPSA) is 55.8 Å². The van der Waals surface area contributed by atoms with Crippen molar-refractivity contribution in [2.24, 2.45) is 0 Å². The summed E-state index contributed by atoms with van der Waals surface area (Å²) >= 11 is 0. The van der Waals surface area contributed by atoms with Crippen LogP contribution in [0.15, 0.2) is 24.3 Å². The largest absolute Gasteiger partial charge is 0.508 e. The van der Waals surface area contributed by atoms with Gasteiger partial charge in [0.2, 0.25) is 0 Å². The van der Waals surface area contributed by atoms with Gasteiger partial charge in [0, 0.05) is 6.61 Å². The summed E-state index contributed by atoms with van der Waals surface area (Å²) in [5, 5.41) is 9.20. The number of benzene rings is 1. The van der Waals surface area contributed by atoms with E-state index in [0.29, 0.717) is 13.2 Å². The maximum Gasteiger partial charge on any atom is 0.308 e. The Morgan fingerprint density at radius 3 is 2.41 bits per heavy atom. The van der Waals surface area contributed by atoms with Crippen LogP contribution in [0.3, 0.4) is 0 Å². The van der Waals surface area contributed by atoms with Crippen molar-refractivity contribution >= 4 is 5.97 Å². The Balaban J connectivity index is 2.71. The van der Waals surface area contributed by atoms with E-state index in [0.717, 1.165) is 5.56 Å². The van der Waals surface area contributed by atoms with Gasteiger partial charge in [0.15, 0.2) is 0 Å². The molecule has 0 unspecified atom stereocenters. The van der Waals surface area contributed by atoms with E-state index in [1.165, 1.54) is 0 Å². The van der Waals surface area contributed by atoms with Crippen molar-refractivity contribution < 1.29 is 19.4 Å². The number of phenolic OH excluding ortho intramolecular Hbond substituents is 1. The maximum absolute atomic E-state index is 11.4. The number of ether oxygens (including phenoxy) is 2. The van der Waals surface area contributed by atoms with Crippen LogP contribution in [0, 0.1) is 0 Å². The number of rotatable bonds is 6. The molecule has 1 rings (SSSR count). The first kappa shape index (κ1) is 13.5. The number of carbonyl (C=O) groups is 1. The lowest BCUT2D eigenvalue weighted by molar-refractivity contribution is -0.146. The maximum atomic E-state index is 11.4. The summed E-state index contributed by atoms with van der Waals surface area (Å²) in [7, 11) is 0. The molecule has 1 N–H and O–H groups in total. The minimum absolute atomic E-state index is 0.187. The highest BCUT2D eigenvalue weighted by Gasteiger charge is 2.16. The highest BCUT2D eigenvalue weighted by Crippen LogP contribution is 2.23. The SMILES string of the molecule is CCOC(=O)C[C@H](OCC)c1ccc(O)cc1. The zero-order valence-corrected chi connectivity index (χ0v) is 10.2. The van der Waals surface area contributed by atoms with Gasteiger partial charge in [0.05, 0.1) is 19.1 Å². The molecule has 0 aliphatic heterocycles. The van der Waals surface area contributed by atoms with Crippen LogP contribution in [0.2, 0.25) is 0 Å². The van der Waals surface area contributed by atoms with Gasteiger partial charge < -0.3 is 14.6 Å². The van der Waals surface area contributed by atoms with Gasteiger partial charge >= 0.3 is 5.97 Å². The molecule has 0 bridgehead atoms. The van der Waals surface area contributed by atoms with Gasteiger partial charge in [-0.1, -0.05) is 12.1 Å². The smallest absolute Gasteiger partial charge is 0.308 e. The van der Waals surface area contributed by atoms with E-state index in [2.05, 4.69) is 0 Å². The number of hydrogen-bond donors (Lipinski definition) is 1. The van der Waals surface area contributed by atoms with Crippen LogP contribution < -0.4 is 0 Å². The number of hydrogen-bond acceptors (Lipinski definition) is 4. The van der Waals surface area contributed by atoms with Gasteiger partial charge in [-0.3, -0.25) is 4.79 Å². The van der Waals surface area contributed by atoms with Crippen molar-refractivity contribution in [2.45, 2.75) is 26.4 Å². The molecule has 4 nitrogen and oxygen atoms in total. The van der Waals surface area contributed by atoms with E-state index in [1.54, 1.807) is 31.2 Å². The second-order valence-corrected chi connectivity index (χ2v) is 3.54. The van der Waals surface area contributed by atoms with E-state index in [9.17, 15) is 9.90 Å². The molecule has 0 amide bonds. The zero-order chi connectivity index (χ0) is 12.7. The summed E-state index contributed by atoms with van der Waals surface area (Å²) in [6.07, 6.45) is -0.133. The number of carbonyl (C=O) groups excluding carboxylic acids is 1. The second-order valence-electron chi connectivity index (χ2n) is 3.54. The summed E-state index contributed by atoms with van der Waals surface area (Å²) in [5.74, 6) is -0.0841. The monoisotopic (exact) mass is 238 g/mol. The van der Waals surface area contributed by atoms with Crippen LogP contribution in [0.5, 0.6) is 5.75 Å². The number of phenols is 1. The predicted octanol–water partition coefficient (Wildman–Crippen LogP) is 2.42. The summed E-state index contributed by atoms with van der Waals surface area (Å²) < 4.78 is 10.4. The van der Waals surface area contributed by atoms with Crippen molar-refractivity contribution in [3.63, 3.8) is 0 Å². The molecule has 0 radical (unpaired) electrons. The molecule has 0 fully saturated rings. The summed E-state index contributed by atoms with van der Waals surface area (Å²) in [6.45, 7) is 4.53. The molecule has 94 valence electrons. The Morgan fingerprint density at radius 2 is 1.88 bits per heavy atom. The lowest BCUT2D eigenvalue weighted by Gasteiger charge is -2.16. The fourth-order valence-electron chi connectivity index (χ4n) is 1.53. The predicted molar refractivity (Wildman–Crippen MR) is 63.7 cm³/mol. The first-order valence-corrected chi connectivity index (χ1v) is 5.73. The van der Waals surface area contributed by atoms with E-state index >= 15 is 0 Å². The molecule has 17 heavy (non-hydrogen) atoms. The van der Waals surface area contributed by atoms with Gasteiger partial charge in [-0.05, 0) is 31.5 Å². The third-order valence-corrected chi connectivity index (χ3v) is 2.29. The molecule has 1 aromatic carbocycles. The molecular formula is C13H18O4. The molecule has 1 atom stereocenters. The zero-order valence-electron chi connectivity index (χ0n) is 10.2. The highest BCUT2D eigenvalue weighted by atomic mass is 16.5. The van der Waals surface area contributed by atoms with Gasteiger partial charge in [-0.15, -0.1) is 0 Å². The van der Waals surface area contributed by atoms with Crippen molar-refractivity contribution in [3.05, 3.63) is 29.8 Å². The van der Waals surface area contributed by atoms with E-state index in [-0.39, 0.29) is 24.2 Å². The molecule has 0 saturated carbocycles. The van der Waals surface area contributed by atoms with Gasteiger partial charge in [0.1, 0.15) is 5.75 Å². The fourth-order valence-corrected chi connectivity index (χ4v) is 1.53. The molecule has 1 aromatic rings. The summed E-state index contributed by atoms with van der Waals surface area (Å²) in [6, 6.07) is 6.64. The Morgan fingerprint density at radius 1 is 1.24 bits per heavy atom. The molecule has 4 heteroatoms. The minimum atomic E-state index is -0.320. The molecule has 0 aliphatic rings. The minimum Gasteiger partial charge on any atom is -0.508 e. The lowest BCUT2D eigenvalue weighted by Crippen LogP contribution is -2.13. The molecule has 0 aliphatic carbocycles. The third kappa shape index (κ3) is 4.44. The number of aromatic hydroxyl groups is 1. The van der Waals surface area contributed by atoms with Crippen molar-refractivity contribution in [1.29, 1.82) is 0 Å². The van der Waals surface area contributed by atoms with Gasteiger partial charge in [-0.2, -0.15) is 0 Å². The van der Waals surface area contributed by atoms with Crippen molar-refractivity contribution in [3.8, 4) is 5.75 Å². The quantitative estimate of drug-likeness (QED) is 0.773. The first-order valence-electron chi connectivity index (χ1n) is 5.73. The van der Waals surface area contributed by atoms with Crippen molar-refractivity contribution in [2.75, 3.05) is 13.2 Å². The third-order valence-electron chi connectivity index (χ3n) is 2.29. The van der Waals surface area contributed by atoms with E-state index in [1.807, 2.05) is 6.92 Å². The second kappa shape index (κ2) is 6.91. The Labute approximate surface area is 101 Å². The van der Waals surface area contributed by atoms with E-state index < -0.39 is 0 Å². The normalized spacial score (nSPS) is 12.1.